The molecule has 1 aliphatic carbocycles. The number of ether oxygens (including phenoxy) is 1. The molecule has 0 spiro atoms. The molecule has 19 heavy (non-hydrogen) atoms. The molecule has 1 saturated carbocycles. The van der Waals surface area contributed by atoms with Gasteiger partial charge in [0.25, 0.3) is 0 Å². The molecule has 0 bridgehead atoms. The van der Waals surface area contributed by atoms with Crippen molar-refractivity contribution in [3.63, 3.8) is 0 Å². The molecule has 2 fully saturated rings. The number of nitrogens with one attached hydrogen (secondary N) is 2. The van der Waals surface area contributed by atoms with Crippen LogP contribution >= 0.6 is 0 Å². The average molecular weight is 269 g/mol. The molecule has 2 rings (SSSR count). The molecular formula is C14H27N3O2. The highest BCUT2D eigenvalue weighted by atomic mass is 16.5. The third-order valence-electron chi connectivity index (χ3n) is 4.11. The quantitative estimate of drug-likeness (QED) is 0.527. The minimum Gasteiger partial charge on any atom is -0.388 e. The topological polar surface area (TPSA) is 65.9 Å². The molecule has 1 saturated heterocycles. The molecule has 0 radical (unpaired) electrons. The summed E-state index contributed by atoms with van der Waals surface area (Å²) in [6.07, 6.45) is 7.85. The highest BCUT2D eigenvalue weighted by Gasteiger charge is 2.29. The van der Waals surface area contributed by atoms with E-state index in [1.165, 1.54) is 6.42 Å². The van der Waals surface area contributed by atoms with Gasteiger partial charge < -0.3 is 20.5 Å². The molecule has 3 N–H and O–H groups in total. The van der Waals surface area contributed by atoms with E-state index in [9.17, 15) is 5.11 Å². The Labute approximate surface area is 115 Å². The van der Waals surface area contributed by atoms with Crippen LogP contribution in [0, 0.1) is 0 Å². The average Bonchev–Trinajstić information content (AvgIpc) is 2.93. The Morgan fingerprint density at radius 3 is 2.68 bits per heavy atom. The fourth-order valence-corrected chi connectivity index (χ4v) is 2.87. The van der Waals surface area contributed by atoms with Crippen LogP contribution in [-0.2, 0) is 4.74 Å². The van der Waals surface area contributed by atoms with Crippen LogP contribution in [0.1, 0.15) is 44.9 Å². The minimum absolute atomic E-state index is 0.302. The first-order chi connectivity index (χ1) is 9.22. The van der Waals surface area contributed by atoms with Crippen molar-refractivity contribution in [2.75, 3.05) is 26.7 Å². The lowest BCUT2D eigenvalue weighted by Gasteiger charge is -2.32. The van der Waals surface area contributed by atoms with Crippen molar-refractivity contribution in [2.24, 2.45) is 4.99 Å². The van der Waals surface area contributed by atoms with Crippen LogP contribution in [0.25, 0.3) is 0 Å². The molecule has 0 aromatic rings. The summed E-state index contributed by atoms with van der Waals surface area (Å²) in [6.45, 7) is 2.24. The highest BCUT2D eigenvalue weighted by molar-refractivity contribution is 5.79. The molecule has 1 unspecified atom stereocenters. The standard InChI is InChI=1S/C14H27N3O2/c1-15-13(16-10-12-6-5-9-19-12)17-11-14(18)7-3-2-4-8-14/h12,18H,2-11H2,1H3,(H2,15,16,17). The molecule has 0 aromatic carbocycles. The molecule has 5 nitrogen and oxygen atoms in total. The van der Waals surface area contributed by atoms with E-state index in [1.54, 1.807) is 7.05 Å². The Kier molecular flexibility index (Phi) is 5.45. The van der Waals surface area contributed by atoms with Crippen molar-refractivity contribution in [1.29, 1.82) is 0 Å². The van der Waals surface area contributed by atoms with E-state index in [-0.39, 0.29) is 0 Å². The second kappa shape index (κ2) is 7.10. The summed E-state index contributed by atoms with van der Waals surface area (Å²) in [7, 11) is 1.76. The van der Waals surface area contributed by atoms with E-state index < -0.39 is 5.60 Å². The summed E-state index contributed by atoms with van der Waals surface area (Å²) >= 11 is 0. The normalized spacial score (nSPS) is 27.3. The highest BCUT2D eigenvalue weighted by Crippen LogP contribution is 2.27. The van der Waals surface area contributed by atoms with Gasteiger partial charge in [0.05, 0.1) is 11.7 Å². The molecule has 110 valence electrons. The van der Waals surface area contributed by atoms with Gasteiger partial charge in [-0.3, -0.25) is 4.99 Å². The predicted octanol–water partition coefficient (Wildman–Crippen LogP) is 1.03. The SMILES string of the molecule is CN=C(NCC1CCCO1)NCC1(O)CCCCC1. The number of nitrogens with zero attached hydrogens (tertiary/aromatic N) is 1. The minimum atomic E-state index is -0.556. The van der Waals surface area contributed by atoms with E-state index >= 15 is 0 Å². The first-order valence-corrected chi connectivity index (χ1v) is 7.50. The van der Waals surface area contributed by atoms with Gasteiger partial charge >= 0.3 is 0 Å². The van der Waals surface area contributed by atoms with E-state index in [0.29, 0.717) is 12.6 Å². The number of guanidine groups is 1. The maximum Gasteiger partial charge on any atom is 0.191 e. The van der Waals surface area contributed by atoms with Crippen LogP contribution in [0.3, 0.4) is 0 Å². The van der Waals surface area contributed by atoms with Crippen molar-refractivity contribution in [3.05, 3.63) is 0 Å². The van der Waals surface area contributed by atoms with E-state index in [0.717, 1.165) is 57.6 Å². The van der Waals surface area contributed by atoms with Gasteiger partial charge in [-0.05, 0) is 25.7 Å². The lowest BCUT2D eigenvalue weighted by molar-refractivity contribution is 0.00855. The first kappa shape index (κ1) is 14.6. The Bertz CT molecular complexity index is 295. The third kappa shape index (κ3) is 4.66. The summed E-state index contributed by atoms with van der Waals surface area (Å²) in [6, 6.07) is 0. The lowest BCUT2D eigenvalue weighted by atomic mass is 9.85. The van der Waals surface area contributed by atoms with E-state index in [2.05, 4.69) is 15.6 Å². The lowest BCUT2D eigenvalue weighted by Crippen LogP contribution is -2.49. The van der Waals surface area contributed by atoms with Crippen molar-refractivity contribution in [2.45, 2.75) is 56.7 Å². The first-order valence-electron chi connectivity index (χ1n) is 7.50. The predicted molar refractivity (Wildman–Crippen MR) is 76.4 cm³/mol. The van der Waals surface area contributed by atoms with Gasteiger partial charge in [-0.25, -0.2) is 0 Å². The van der Waals surface area contributed by atoms with Gasteiger partial charge in [-0.2, -0.15) is 0 Å². The number of rotatable bonds is 4. The number of hydrogen-bond acceptors (Lipinski definition) is 3. The Morgan fingerprint density at radius 2 is 2.05 bits per heavy atom. The Balaban J connectivity index is 1.69. The van der Waals surface area contributed by atoms with Gasteiger partial charge in [0.15, 0.2) is 5.96 Å². The maximum atomic E-state index is 10.4. The Hall–Kier alpha value is -0.810. The van der Waals surface area contributed by atoms with Crippen LogP contribution in [-0.4, -0.2) is 49.5 Å². The maximum absolute atomic E-state index is 10.4. The van der Waals surface area contributed by atoms with Crippen molar-refractivity contribution in [1.82, 2.24) is 10.6 Å². The summed E-state index contributed by atoms with van der Waals surface area (Å²) in [5, 5.41) is 16.9. The summed E-state index contributed by atoms with van der Waals surface area (Å²) < 4.78 is 5.57. The summed E-state index contributed by atoms with van der Waals surface area (Å²) in [5.41, 5.74) is -0.556. The van der Waals surface area contributed by atoms with Gasteiger partial charge in [0, 0.05) is 26.7 Å². The van der Waals surface area contributed by atoms with Crippen molar-refractivity contribution >= 4 is 5.96 Å². The fraction of sp³-hybridized carbons (Fsp3) is 0.929. The zero-order chi connectivity index (χ0) is 13.6. The second-order valence-electron chi connectivity index (χ2n) is 5.73. The molecule has 0 amide bonds. The number of hydrogen-bond donors (Lipinski definition) is 3. The zero-order valence-electron chi connectivity index (χ0n) is 12.0. The van der Waals surface area contributed by atoms with E-state index in [4.69, 9.17) is 4.74 Å². The number of aliphatic hydroxyl groups is 1. The van der Waals surface area contributed by atoms with Crippen LogP contribution in [0.4, 0.5) is 0 Å². The number of aliphatic imine (C=N–C) groups is 1. The molecule has 2 aliphatic rings. The monoisotopic (exact) mass is 269 g/mol. The molecule has 1 heterocycles. The Morgan fingerprint density at radius 1 is 1.26 bits per heavy atom. The second-order valence-corrected chi connectivity index (χ2v) is 5.73. The molecule has 1 atom stereocenters. The van der Waals surface area contributed by atoms with Crippen LogP contribution in [0.5, 0.6) is 0 Å². The largest absolute Gasteiger partial charge is 0.388 e. The van der Waals surface area contributed by atoms with Gasteiger partial charge in [0.2, 0.25) is 0 Å². The van der Waals surface area contributed by atoms with Crippen molar-refractivity contribution < 1.29 is 9.84 Å². The van der Waals surface area contributed by atoms with Gasteiger partial charge in [-0.1, -0.05) is 19.3 Å². The van der Waals surface area contributed by atoms with Gasteiger partial charge in [-0.15, -0.1) is 0 Å². The van der Waals surface area contributed by atoms with Gasteiger partial charge in [0.1, 0.15) is 0 Å². The molecule has 1 aliphatic heterocycles. The molecular weight excluding hydrogens is 242 g/mol. The smallest absolute Gasteiger partial charge is 0.191 e. The van der Waals surface area contributed by atoms with E-state index in [1.807, 2.05) is 0 Å². The van der Waals surface area contributed by atoms with Crippen LogP contribution in [0.2, 0.25) is 0 Å². The summed E-state index contributed by atoms with van der Waals surface area (Å²) in [4.78, 5) is 4.19. The third-order valence-corrected chi connectivity index (χ3v) is 4.11. The van der Waals surface area contributed by atoms with Crippen molar-refractivity contribution in [3.8, 4) is 0 Å². The molecule has 0 aromatic heterocycles. The zero-order valence-corrected chi connectivity index (χ0v) is 12.0. The van der Waals surface area contributed by atoms with Crippen LogP contribution in [0.15, 0.2) is 4.99 Å². The summed E-state index contributed by atoms with van der Waals surface area (Å²) in [5.74, 6) is 0.759. The van der Waals surface area contributed by atoms with Crippen LogP contribution < -0.4 is 10.6 Å². The fourth-order valence-electron chi connectivity index (χ4n) is 2.87. The molecule has 5 heteroatoms.